The number of carbonyl (C=O) groups is 1. The van der Waals surface area contributed by atoms with Gasteiger partial charge in [-0.15, -0.1) is 0 Å². The summed E-state index contributed by atoms with van der Waals surface area (Å²) in [5.41, 5.74) is 3.86. The number of carbonyl (C=O) groups excluding carboxylic acids is 1. The maximum atomic E-state index is 13.5. The fourth-order valence-corrected chi connectivity index (χ4v) is 4.53. The first-order valence-electron chi connectivity index (χ1n) is 10.2. The third-order valence-corrected chi connectivity index (χ3v) is 6.60. The Kier molecular flexibility index (Phi) is 6.32. The molecule has 1 aliphatic rings. The molecule has 7 heteroatoms. The third kappa shape index (κ3) is 4.48. The molecule has 4 rings (SSSR count). The molecule has 0 spiro atoms. The first-order chi connectivity index (χ1) is 14.5. The van der Waals surface area contributed by atoms with Gasteiger partial charge in [0.15, 0.2) is 5.13 Å². The van der Waals surface area contributed by atoms with Gasteiger partial charge in [-0.1, -0.05) is 17.4 Å². The molecule has 1 amide bonds. The van der Waals surface area contributed by atoms with Gasteiger partial charge in [0.05, 0.1) is 30.5 Å². The molecule has 30 heavy (non-hydrogen) atoms. The van der Waals surface area contributed by atoms with Crippen LogP contribution < -0.4 is 9.64 Å². The molecular weight excluding hydrogens is 398 g/mol. The fourth-order valence-electron chi connectivity index (χ4n) is 3.52. The fraction of sp³-hybridized carbons (Fsp3) is 0.391. The van der Waals surface area contributed by atoms with Gasteiger partial charge in [-0.25, -0.2) is 4.98 Å². The summed E-state index contributed by atoms with van der Waals surface area (Å²) in [6, 6.07) is 11.7. The zero-order valence-corrected chi connectivity index (χ0v) is 18.5. The second kappa shape index (κ2) is 9.12. The molecule has 2 heterocycles. The average Bonchev–Trinajstić information content (AvgIpc) is 3.19. The number of hydrogen-bond donors (Lipinski definition) is 0. The summed E-state index contributed by atoms with van der Waals surface area (Å²) >= 11 is 1.52. The zero-order valence-electron chi connectivity index (χ0n) is 17.7. The Bertz CT molecular complexity index is 1040. The number of anilines is 1. The summed E-state index contributed by atoms with van der Waals surface area (Å²) in [7, 11) is 1.65. The van der Waals surface area contributed by atoms with E-state index in [1.807, 2.05) is 48.2 Å². The summed E-state index contributed by atoms with van der Waals surface area (Å²) in [4.78, 5) is 22.4. The van der Waals surface area contributed by atoms with Crippen LogP contribution in [0.25, 0.3) is 10.2 Å². The van der Waals surface area contributed by atoms with Gasteiger partial charge in [-0.2, -0.15) is 0 Å². The molecule has 0 unspecified atom stereocenters. The molecule has 0 aliphatic carbocycles. The quantitative estimate of drug-likeness (QED) is 0.600. The summed E-state index contributed by atoms with van der Waals surface area (Å²) in [5, 5.41) is 0.717. The van der Waals surface area contributed by atoms with Gasteiger partial charge < -0.3 is 9.47 Å². The van der Waals surface area contributed by atoms with Gasteiger partial charge >= 0.3 is 0 Å². The number of fused-ring (bicyclic) bond motifs is 1. The van der Waals surface area contributed by atoms with Crippen LogP contribution in [0.4, 0.5) is 5.13 Å². The monoisotopic (exact) mass is 425 g/mol. The average molecular weight is 426 g/mol. The smallest absolute Gasteiger partial charge is 0.260 e. The van der Waals surface area contributed by atoms with Crippen LogP contribution >= 0.6 is 11.3 Å². The molecule has 1 saturated heterocycles. The first-order valence-corrected chi connectivity index (χ1v) is 11.0. The number of benzene rings is 2. The van der Waals surface area contributed by atoms with Crippen molar-refractivity contribution in [1.29, 1.82) is 0 Å². The minimum Gasteiger partial charge on any atom is -0.497 e. The van der Waals surface area contributed by atoms with Crippen molar-refractivity contribution < 1.29 is 14.3 Å². The Labute approximate surface area is 181 Å². The molecule has 0 bridgehead atoms. The molecule has 1 fully saturated rings. The number of thiazole rings is 1. The van der Waals surface area contributed by atoms with E-state index in [2.05, 4.69) is 11.8 Å². The van der Waals surface area contributed by atoms with Crippen LogP contribution in [0.5, 0.6) is 5.75 Å². The number of nitrogens with zero attached hydrogens (tertiary/aromatic N) is 3. The highest BCUT2D eigenvalue weighted by molar-refractivity contribution is 7.22. The van der Waals surface area contributed by atoms with Crippen LogP contribution in [-0.4, -0.2) is 62.3 Å². The van der Waals surface area contributed by atoms with Crippen molar-refractivity contribution >= 4 is 32.6 Å². The number of morpholine rings is 1. The lowest BCUT2D eigenvalue weighted by Gasteiger charge is -2.29. The van der Waals surface area contributed by atoms with E-state index in [1.165, 1.54) is 16.9 Å². The molecule has 6 nitrogen and oxygen atoms in total. The van der Waals surface area contributed by atoms with Gasteiger partial charge in [0.1, 0.15) is 5.75 Å². The van der Waals surface area contributed by atoms with Crippen LogP contribution in [0.2, 0.25) is 0 Å². The van der Waals surface area contributed by atoms with Gasteiger partial charge in [0.25, 0.3) is 5.91 Å². The Morgan fingerprint density at radius 3 is 2.70 bits per heavy atom. The molecule has 0 N–H and O–H groups in total. The topological polar surface area (TPSA) is 54.9 Å². The van der Waals surface area contributed by atoms with Crippen LogP contribution in [-0.2, 0) is 4.74 Å². The molecule has 0 saturated carbocycles. The highest BCUT2D eigenvalue weighted by Crippen LogP contribution is 2.32. The number of ether oxygens (including phenoxy) is 2. The highest BCUT2D eigenvalue weighted by Gasteiger charge is 2.23. The van der Waals surface area contributed by atoms with E-state index in [-0.39, 0.29) is 5.91 Å². The Balaban J connectivity index is 1.65. The number of aryl methyl sites for hydroxylation is 2. The van der Waals surface area contributed by atoms with E-state index in [1.54, 1.807) is 7.11 Å². The van der Waals surface area contributed by atoms with Crippen molar-refractivity contribution in [3.63, 3.8) is 0 Å². The van der Waals surface area contributed by atoms with Gasteiger partial charge in [0, 0.05) is 31.7 Å². The highest BCUT2D eigenvalue weighted by atomic mass is 32.1. The minimum absolute atomic E-state index is 0.0163. The number of hydrogen-bond acceptors (Lipinski definition) is 6. The lowest BCUT2D eigenvalue weighted by molar-refractivity contribution is 0.0391. The summed E-state index contributed by atoms with van der Waals surface area (Å²) in [5.74, 6) is 0.774. The van der Waals surface area contributed by atoms with Gasteiger partial charge in [-0.05, 0) is 55.3 Å². The molecule has 1 aromatic heterocycles. The van der Waals surface area contributed by atoms with Crippen molar-refractivity contribution in [2.24, 2.45) is 0 Å². The predicted octanol–water partition coefficient (Wildman–Crippen LogP) is 3.90. The lowest BCUT2D eigenvalue weighted by atomic mass is 10.1. The van der Waals surface area contributed by atoms with E-state index >= 15 is 0 Å². The second-order valence-electron chi connectivity index (χ2n) is 7.54. The third-order valence-electron chi connectivity index (χ3n) is 5.56. The second-order valence-corrected chi connectivity index (χ2v) is 8.55. The van der Waals surface area contributed by atoms with Crippen LogP contribution in [0.15, 0.2) is 36.4 Å². The molecule has 0 atom stereocenters. The zero-order chi connectivity index (χ0) is 21.1. The van der Waals surface area contributed by atoms with E-state index in [9.17, 15) is 4.79 Å². The van der Waals surface area contributed by atoms with E-state index in [0.29, 0.717) is 12.1 Å². The van der Waals surface area contributed by atoms with Crippen molar-refractivity contribution in [1.82, 2.24) is 9.88 Å². The number of aromatic nitrogens is 1. The van der Waals surface area contributed by atoms with Crippen molar-refractivity contribution in [3.8, 4) is 5.75 Å². The molecule has 3 aromatic rings. The first kappa shape index (κ1) is 20.8. The van der Waals surface area contributed by atoms with E-state index in [4.69, 9.17) is 14.5 Å². The Morgan fingerprint density at radius 2 is 1.97 bits per heavy atom. The minimum atomic E-state index is -0.0163. The number of methoxy groups -OCH3 is 1. The van der Waals surface area contributed by atoms with E-state index in [0.717, 1.165) is 59.5 Å². The van der Waals surface area contributed by atoms with Gasteiger partial charge in [0.2, 0.25) is 0 Å². The van der Waals surface area contributed by atoms with Crippen LogP contribution in [0.3, 0.4) is 0 Å². The standard InChI is InChI=1S/C23H27N3O3S/c1-16-4-5-18(14-17(16)2)22(27)26(9-8-25-10-12-29-13-11-25)23-24-20-7-6-19(28-3)15-21(20)30-23/h4-7,14-15H,8-13H2,1-3H3. The maximum Gasteiger partial charge on any atom is 0.260 e. The van der Waals surface area contributed by atoms with Gasteiger partial charge in [-0.3, -0.25) is 14.6 Å². The molecule has 1 aliphatic heterocycles. The van der Waals surface area contributed by atoms with Crippen LogP contribution in [0.1, 0.15) is 21.5 Å². The maximum absolute atomic E-state index is 13.5. The van der Waals surface area contributed by atoms with E-state index < -0.39 is 0 Å². The van der Waals surface area contributed by atoms with Crippen molar-refractivity contribution in [2.45, 2.75) is 13.8 Å². The number of amides is 1. The van der Waals surface area contributed by atoms with Crippen molar-refractivity contribution in [3.05, 3.63) is 53.1 Å². The number of rotatable bonds is 6. The van der Waals surface area contributed by atoms with Crippen molar-refractivity contribution in [2.75, 3.05) is 51.4 Å². The van der Waals surface area contributed by atoms with Crippen LogP contribution in [0, 0.1) is 13.8 Å². The molecule has 0 radical (unpaired) electrons. The lowest BCUT2D eigenvalue weighted by Crippen LogP contribution is -2.43. The molecule has 2 aromatic carbocycles. The summed E-state index contributed by atoms with van der Waals surface area (Å²) in [6.45, 7) is 8.74. The SMILES string of the molecule is COc1ccc2nc(N(CCN3CCOCC3)C(=O)c3ccc(C)c(C)c3)sc2c1. The normalized spacial score (nSPS) is 14.8. The molecule has 158 valence electrons. The largest absolute Gasteiger partial charge is 0.497 e. The Morgan fingerprint density at radius 1 is 1.17 bits per heavy atom. The Hall–Kier alpha value is -2.48. The summed E-state index contributed by atoms with van der Waals surface area (Å²) in [6.07, 6.45) is 0. The molecular formula is C23H27N3O3S. The summed E-state index contributed by atoms with van der Waals surface area (Å²) < 4.78 is 11.8. The predicted molar refractivity (Wildman–Crippen MR) is 121 cm³/mol.